The van der Waals surface area contributed by atoms with Gasteiger partial charge in [-0.25, -0.2) is 0 Å². The number of anilines is 1. The summed E-state index contributed by atoms with van der Waals surface area (Å²) in [7, 11) is 2.09. The van der Waals surface area contributed by atoms with Crippen LogP contribution in [0.15, 0.2) is 18.2 Å². The maximum Gasteiger partial charge on any atom is 0.0401 e. The second kappa shape index (κ2) is 5.31. The number of hydrogen-bond acceptors (Lipinski definition) is 2. The first-order chi connectivity index (χ1) is 8.88. The first-order valence-corrected chi connectivity index (χ1v) is 7.41. The van der Waals surface area contributed by atoms with E-state index < -0.39 is 0 Å². The molecule has 2 nitrogen and oxygen atoms in total. The molecule has 1 saturated heterocycles. The molecule has 98 valence electrons. The minimum Gasteiger partial charge on any atom is -0.371 e. The number of fused-ring (bicyclic) bond motifs is 1. The molecule has 1 aromatic rings. The van der Waals surface area contributed by atoms with Crippen molar-refractivity contribution in [2.24, 2.45) is 0 Å². The van der Waals surface area contributed by atoms with Gasteiger partial charge in [0.1, 0.15) is 0 Å². The standard InChI is InChI=1S/C16H24N2/c1-17-14-9-11-18(12-10-14)16-8-4-6-13-5-2-3-7-15(13)16/h4,6,8,14,17H,2-3,5,7,9-12H2,1H3. The molecule has 2 aliphatic rings. The minimum absolute atomic E-state index is 0.723. The van der Waals surface area contributed by atoms with Crippen molar-refractivity contribution in [1.82, 2.24) is 5.32 Å². The van der Waals surface area contributed by atoms with Crippen LogP contribution in [-0.4, -0.2) is 26.2 Å². The second-order valence-electron chi connectivity index (χ2n) is 5.67. The lowest BCUT2D eigenvalue weighted by molar-refractivity contribution is 0.441. The van der Waals surface area contributed by atoms with Gasteiger partial charge in [0.15, 0.2) is 0 Å². The van der Waals surface area contributed by atoms with E-state index in [1.165, 1.54) is 57.3 Å². The number of nitrogens with one attached hydrogen (secondary N) is 1. The summed E-state index contributed by atoms with van der Waals surface area (Å²) in [4.78, 5) is 2.61. The molecule has 1 fully saturated rings. The number of rotatable bonds is 2. The molecule has 0 bridgehead atoms. The summed E-state index contributed by atoms with van der Waals surface area (Å²) >= 11 is 0. The van der Waals surface area contributed by atoms with Gasteiger partial charge >= 0.3 is 0 Å². The quantitative estimate of drug-likeness (QED) is 0.860. The van der Waals surface area contributed by atoms with E-state index in [-0.39, 0.29) is 0 Å². The molecule has 1 aliphatic carbocycles. The van der Waals surface area contributed by atoms with Gasteiger partial charge in [0.05, 0.1) is 0 Å². The molecular weight excluding hydrogens is 220 g/mol. The smallest absolute Gasteiger partial charge is 0.0401 e. The Labute approximate surface area is 110 Å². The van der Waals surface area contributed by atoms with Crippen molar-refractivity contribution in [3.63, 3.8) is 0 Å². The monoisotopic (exact) mass is 244 g/mol. The van der Waals surface area contributed by atoms with Crippen molar-refractivity contribution in [3.05, 3.63) is 29.3 Å². The maximum atomic E-state index is 3.41. The van der Waals surface area contributed by atoms with Crippen LogP contribution in [0.3, 0.4) is 0 Å². The first-order valence-electron chi connectivity index (χ1n) is 7.41. The van der Waals surface area contributed by atoms with Crippen LogP contribution in [0.2, 0.25) is 0 Å². The average Bonchev–Trinajstić information content (AvgIpc) is 2.47. The van der Waals surface area contributed by atoms with E-state index in [9.17, 15) is 0 Å². The molecule has 0 atom stereocenters. The Morgan fingerprint density at radius 2 is 1.89 bits per heavy atom. The second-order valence-corrected chi connectivity index (χ2v) is 5.67. The van der Waals surface area contributed by atoms with Crippen LogP contribution in [0.5, 0.6) is 0 Å². The Morgan fingerprint density at radius 1 is 1.11 bits per heavy atom. The SMILES string of the molecule is CNC1CCN(c2cccc3c2CCCC3)CC1. The van der Waals surface area contributed by atoms with Gasteiger partial charge in [-0.3, -0.25) is 0 Å². The van der Waals surface area contributed by atoms with Crippen LogP contribution in [0.1, 0.15) is 36.8 Å². The van der Waals surface area contributed by atoms with Gasteiger partial charge < -0.3 is 10.2 Å². The van der Waals surface area contributed by atoms with Crippen LogP contribution >= 0.6 is 0 Å². The van der Waals surface area contributed by atoms with Crippen molar-refractivity contribution in [2.75, 3.05) is 25.0 Å². The van der Waals surface area contributed by atoms with Gasteiger partial charge in [0.2, 0.25) is 0 Å². The summed E-state index contributed by atoms with van der Waals surface area (Å²) in [6.45, 7) is 2.42. The summed E-state index contributed by atoms with van der Waals surface area (Å²) in [5.41, 5.74) is 4.78. The van der Waals surface area contributed by atoms with E-state index in [1.54, 1.807) is 11.1 Å². The largest absolute Gasteiger partial charge is 0.371 e. The highest BCUT2D eigenvalue weighted by atomic mass is 15.1. The van der Waals surface area contributed by atoms with Crippen LogP contribution in [-0.2, 0) is 12.8 Å². The third kappa shape index (κ3) is 2.26. The van der Waals surface area contributed by atoms with Crippen LogP contribution in [0.25, 0.3) is 0 Å². The lowest BCUT2D eigenvalue weighted by atomic mass is 9.89. The molecular formula is C16H24N2. The number of piperidine rings is 1. The molecule has 0 unspecified atom stereocenters. The number of hydrogen-bond donors (Lipinski definition) is 1. The van der Waals surface area contributed by atoms with Crippen molar-refractivity contribution >= 4 is 5.69 Å². The number of nitrogens with zero attached hydrogens (tertiary/aromatic N) is 1. The van der Waals surface area contributed by atoms with Crippen molar-refractivity contribution in [3.8, 4) is 0 Å². The highest BCUT2D eigenvalue weighted by Crippen LogP contribution is 2.31. The fraction of sp³-hybridized carbons (Fsp3) is 0.625. The lowest BCUT2D eigenvalue weighted by Gasteiger charge is -2.35. The van der Waals surface area contributed by atoms with E-state index in [0.717, 1.165) is 6.04 Å². The Hall–Kier alpha value is -1.02. The van der Waals surface area contributed by atoms with Gasteiger partial charge in [0, 0.05) is 24.8 Å². The van der Waals surface area contributed by atoms with Crippen molar-refractivity contribution in [2.45, 2.75) is 44.6 Å². The van der Waals surface area contributed by atoms with E-state index in [0.29, 0.717) is 0 Å². The predicted octanol–water partition coefficient (Wildman–Crippen LogP) is 2.75. The Kier molecular flexibility index (Phi) is 3.55. The molecule has 0 saturated carbocycles. The van der Waals surface area contributed by atoms with Crippen molar-refractivity contribution < 1.29 is 0 Å². The maximum absolute atomic E-state index is 3.41. The zero-order valence-electron chi connectivity index (χ0n) is 11.4. The molecule has 0 spiro atoms. The van der Waals surface area contributed by atoms with Crippen LogP contribution < -0.4 is 10.2 Å². The van der Waals surface area contributed by atoms with E-state index >= 15 is 0 Å². The molecule has 3 rings (SSSR count). The van der Waals surface area contributed by atoms with E-state index in [2.05, 4.69) is 35.5 Å². The highest BCUT2D eigenvalue weighted by molar-refractivity contribution is 5.58. The normalized spacial score (nSPS) is 20.8. The zero-order valence-corrected chi connectivity index (χ0v) is 11.4. The molecule has 2 heteroatoms. The minimum atomic E-state index is 0.723. The molecule has 1 aromatic carbocycles. The van der Waals surface area contributed by atoms with Crippen LogP contribution in [0, 0.1) is 0 Å². The molecule has 18 heavy (non-hydrogen) atoms. The van der Waals surface area contributed by atoms with Gasteiger partial charge in [-0.1, -0.05) is 12.1 Å². The van der Waals surface area contributed by atoms with Gasteiger partial charge in [-0.15, -0.1) is 0 Å². The topological polar surface area (TPSA) is 15.3 Å². The Bertz CT molecular complexity index is 406. The molecule has 1 heterocycles. The average molecular weight is 244 g/mol. The van der Waals surface area contributed by atoms with Gasteiger partial charge in [0.25, 0.3) is 0 Å². The summed E-state index contributed by atoms with van der Waals surface area (Å²) in [5, 5.41) is 3.41. The number of benzene rings is 1. The summed E-state index contributed by atoms with van der Waals surface area (Å²) in [6, 6.07) is 7.65. The summed E-state index contributed by atoms with van der Waals surface area (Å²) in [5.74, 6) is 0. The fourth-order valence-corrected chi connectivity index (χ4v) is 3.47. The van der Waals surface area contributed by atoms with Crippen LogP contribution in [0.4, 0.5) is 5.69 Å². The van der Waals surface area contributed by atoms with Crippen molar-refractivity contribution in [1.29, 1.82) is 0 Å². The fourth-order valence-electron chi connectivity index (χ4n) is 3.47. The summed E-state index contributed by atoms with van der Waals surface area (Å²) < 4.78 is 0. The third-order valence-electron chi connectivity index (χ3n) is 4.62. The van der Waals surface area contributed by atoms with E-state index in [1.807, 2.05) is 0 Å². The van der Waals surface area contributed by atoms with Gasteiger partial charge in [-0.05, 0) is 62.8 Å². The van der Waals surface area contributed by atoms with E-state index in [4.69, 9.17) is 0 Å². The lowest BCUT2D eigenvalue weighted by Crippen LogP contribution is -2.41. The molecule has 0 amide bonds. The molecule has 0 aromatic heterocycles. The highest BCUT2D eigenvalue weighted by Gasteiger charge is 2.21. The van der Waals surface area contributed by atoms with Gasteiger partial charge in [-0.2, -0.15) is 0 Å². The molecule has 1 N–H and O–H groups in total. The summed E-state index contributed by atoms with van der Waals surface area (Å²) in [6.07, 6.45) is 7.88. The molecule has 1 aliphatic heterocycles. The first kappa shape index (κ1) is 12.0. The Morgan fingerprint density at radius 3 is 2.67 bits per heavy atom. The number of aryl methyl sites for hydroxylation is 1. The Balaban J connectivity index is 1.80. The zero-order chi connectivity index (χ0) is 12.4. The molecule has 0 radical (unpaired) electrons. The predicted molar refractivity (Wildman–Crippen MR) is 77.4 cm³/mol. The third-order valence-corrected chi connectivity index (χ3v) is 4.62.